The highest BCUT2D eigenvalue weighted by atomic mass is 79.9. The molecule has 0 aliphatic carbocycles. The first-order valence-corrected chi connectivity index (χ1v) is 8.15. The molecule has 0 aromatic heterocycles. The molecule has 2 N–H and O–H groups in total. The van der Waals surface area contributed by atoms with Gasteiger partial charge in [-0.15, -0.1) is 11.8 Å². The standard InChI is InChI=1S/C14H20BrNO2S/c1-11(6-8-17)10-16-14(18)7-9-19-13-4-2-12(15)3-5-13/h2-5,11,17H,6-10H2,1H3,(H,16,18). The van der Waals surface area contributed by atoms with E-state index in [2.05, 4.69) is 21.2 Å². The second-order valence-electron chi connectivity index (χ2n) is 4.47. The number of carbonyl (C=O) groups is 1. The maximum absolute atomic E-state index is 11.6. The molecular weight excluding hydrogens is 326 g/mol. The lowest BCUT2D eigenvalue weighted by atomic mass is 10.1. The molecule has 3 nitrogen and oxygen atoms in total. The molecule has 1 unspecified atom stereocenters. The van der Waals surface area contributed by atoms with Crippen molar-refractivity contribution in [2.24, 2.45) is 5.92 Å². The van der Waals surface area contributed by atoms with Crippen molar-refractivity contribution in [2.45, 2.75) is 24.7 Å². The topological polar surface area (TPSA) is 49.3 Å². The van der Waals surface area contributed by atoms with Crippen molar-refractivity contribution < 1.29 is 9.90 Å². The SMILES string of the molecule is CC(CCO)CNC(=O)CCSc1ccc(Br)cc1. The van der Waals surface area contributed by atoms with Crippen molar-refractivity contribution in [1.82, 2.24) is 5.32 Å². The Morgan fingerprint density at radius 1 is 1.42 bits per heavy atom. The molecule has 0 bridgehead atoms. The van der Waals surface area contributed by atoms with Gasteiger partial charge >= 0.3 is 0 Å². The summed E-state index contributed by atoms with van der Waals surface area (Å²) in [7, 11) is 0. The molecular formula is C14H20BrNO2S. The van der Waals surface area contributed by atoms with E-state index in [-0.39, 0.29) is 12.5 Å². The quantitative estimate of drug-likeness (QED) is 0.712. The predicted octanol–water partition coefficient (Wildman–Crippen LogP) is 3.07. The van der Waals surface area contributed by atoms with E-state index >= 15 is 0 Å². The zero-order chi connectivity index (χ0) is 14.1. The molecule has 0 spiro atoms. The van der Waals surface area contributed by atoms with Crippen LogP contribution in [0, 0.1) is 5.92 Å². The Morgan fingerprint density at radius 2 is 2.11 bits per heavy atom. The van der Waals surface area contributed by atoms with Gasteiger partial charge < -0.3 is 10.4 Å². The number of thioether (sulfide) groups is 1. The van der Waals surface area contributed by atoms with Gasteiger partial charge in [-0.05, 0) is 36.6 Å². The van der Waals surface area contributed by atoms with Gasteiger partial charge in [0.1, 0.15) is 0 Å². The van der Waals surface area contributed by atoms with Gasteiger partial charge in [0, 0.05) is 34.7 Å². The number of hydrogen-bond acceptors (Lipinski definition) is 3. The fourth-order valence-electron chi connectivity index (χ4n) is 1.49. The molecule has 1 aromatic carbocycles. The van der Waals surface area contributed by atoms with Crippen LogP contribution >= 0.6 is 27.7 Å². The summed E-state index contributed by atoms with van der Waals surface area (Å²) in [6, 6.07) is 8.07. The van der Waals surface area contributed by atoms with Gasteiger partial charge in [-0.1, -0.05) is 22.9 Å². The van der Waals surface area contributed by atoms with Gasteiger partial charge in [0.05, 0.1) is 0 Å². The van der Waals surface area contributed by atoms with Crippen molar-refractivity contribution in [3.05, 3.63) is 28.7 Å². The molecule has 0 saturated heterocycles. The van der Waals surface area contributed by atoms with E-state index in [1.165, 1.54) is 4.90 Å². The number of rotatable bonds is 8. The third-order valence-corrected chi connectivity index (χ3v) is 4.22. The van der Waals surface area contributed by atoms with Gasteiger partial charge in [-0.2, -0.15) is 0 Å². The molecule has 0 aliphatic rings. The largest absolute Gasteiger partial charge is 0.396 e. The van der Waals surface area contributed by atoms with Crippen LogP contribution in [0.1, 0.15) is 19.8 Å². The summed E-state index contributed by atoms with van der Waals surface area (Å²) in [6.07, 6.45) is 1.25. The Kier molecular flexibility index (Phi) is 8.18. The fourth-order valence-corrected chi connectivity index (χ4v) is 2.61. The lowest BCUT2D eigenvalue weighted by molar-refractivity contribution is -0.120. The molecule has 1 rings (SSSR count). The van der Waals surface area contributed by atoms with E-state index in [0.717, 1.165) is 16.6 Å². The molecule has 19 heavy (non-hydrogen) atoms. The highest BCUT2D eigenvalue weighted by molar-refractivity contribution is 9.10. The first-order valence-electron chi connectivity index (χ1n) is 6.37. The monoisotopic (exact) mass is 345 g/mol. The lowest BCUT2D eigenvalue weighted by Crippen LogP contribution is -2.28. The predicted molar refractivity (Wildman–Crippen MR) is 83.4 cm³/mol. The molecule has 0 fully saturated rings. The van der Waals surface area contributed by atoms with Crippen LogP contribution in [0.4, 0.5) is 0 Å². The summed E-state index contributed by atoms with van der Waals surface area (Å²) in [6.45, 7) is 2.84. The van der Waals surface area contributed by atoms with E-state index in [0.29, 0.717) is 18.9 Å². The van der Waals surface area contributed by atoms with Crippen molar-refractivity contribution in [3.8, 4) is 0 Å². The van der Waals surface area contributed by atoms with Crippen LogP contribution in [-0.2, 0) is 4.79 Å². The smallest absolute Gasteiger partial charge is 0.220 e. The Bertz CT molecular complexity index is 384. The zero-order valence-electron chi connectivity index (χ0n) is 11.1. The summed E-state index contributed by atoms with van der Waals surface area (Å²) < 4.78 is 1.06. The number of hydrogen-bond donors (Lipinski definition) is 2. The number of nitrogens with one attached hydrogen (secondary N) is 1. The van der Waals surface area contributed by atoms with Crippen molar-refractivity contribution in [2.75, 3.05) is 18.9 Å². The second kappa shape index (κ2) is 9.39. The number of halogens is 1. The van der Waals surface area contributed by atoms with Crippen LogP contribution in [0.15, 0.2) is 33.6 Å². The number of carbonyl (C=O) groups excluding carboxylic acids is 1. The minimum absolute atomic E-state index is 0.0781. The van der Waals surface area contributed by atoms with Crippen molar-refractivity contribution in [1.29, 1.82) is 0 Å². The molecule has 106 valence electrons. The average molecular weight is 346 g/mol. The molecule has 0 saturated carbocycles. The lowest BCUT2D eigenvalue weighted by Gasteiger charge is -2.10. The van der Waals surface area contributed by atoms with Crippen LogP contribution in [0.2, 0.25) is 0 Å². The van der Waals surface area contributed by atoms with Crippen LogP contribution < -0.4 is 5.32 Å². The van der Waals surface area contributed by atoms with Crippen molar-refractivity contribution in [3.63, 3.8) is 0 Å². The minimum atomic E-state index is 0.0781. The molecule has 0 heterocycles. The molecule has 1 aromatic rings. The van der Waals surface area contributed by atoms with Crippen LogP contribution in [0.5, 0.6) is 0 Å². The van der Waals surface area contributed by atoms with Crippen molar-refractivity contribution >= 4 is 33.6 Å². The van der Waals surface area contributed by atoms with Gasteiger partial charge in [0.25, 0.3) is 0 Å². The third-order valence-electron chi connectivity index (χ3n) is 2.68. The number of aliphatic hydroxyl groups excluding tert-OH is 1. The summed E-state index contributed by atoms with van der Waals surface area (Å²) in [5.41, 5.74) is 0. The number of amides is 1. The summed E-state index contributed by atoms with van der Waals surface area (Å²) in [5, 5.41) is 11.7. The fraction of sp³-hybridized carbons (Fsp3) is 0.500. The molecule has 1 amide bonds. The normalized spacial score (nSPS) is 12.2. The van der Waals surface area contributed by atoms with Crippen LogP contribution in [-0.4, -0.2) is 29.9 Å². The highest BCUT2D eigenvalue weighted by Gasteiger charge is 2.05. The van der Waals surface area contributed by atoms with E-state index in [9.17, 15) is 4.79 Å². The van der Waals surface area contributed by atoms with E-state index in [1.807, 2.05) is 31.2 Å². The third kappa shape index (κ3) is 7.60. The summed E-state index contributed by atoms with van der Waals surface area (Å²) in [4.78, 5) is 12.8. The summed E-state index contributed by atoms with van der Waals surface area (Å²) in [5.74, 6) is 1.18. The molecule has 0 aliphatic heterocycles. The van der Waals surface area contributed by atoms with Crippen LogP contribution in [0.25, 0.3) is 0 Å². The first-order chi connectivity index (χ1) is 9.11. The molecule has 5 heteroatoms. The molecule has 1 atom stereocenters. The van der Waals surface area contributed by atoms with E-state index in [1.54, 1.807) is 11.8 Å². The minimum Gasteiger partial charge on any atom is -0.396 e. The van der Waals surface area contributed by atoms with E-state index in [4.69, 9.17) is 5.11 Å². The van der Waals surface area contributed by atoms with E-state index < -0.39 is 0 Å². The maximum atomic E-state index is 11.6. The Balaban J connectivity index is 2.15. The first kappa shape index (κ1) is 16.5. The Morgan fingerprint density at radius 3 is 2.74 bits per heavy atom. The number of aliphatic hydroxyl groups is 1. The van der Waals surface area contributed by atoms with Gasteiger partial charge in [-0.25, -0.2) is 0 Å². The van der Waals surface area contributed by atoms with Gasteiger partial charge in [0.15, 0.2) is 0 Å². The highest BCUT2D eigenvalue weighted by Crippen LogP contribution is 2.21. The van der Waals surface area contributed by atoms with Gasteiger partial charge in [0.2, 0.25) is 5.91 Å². The van der Waals surface area contributed by atoms with Gasteiger partial charge in [-0.3, -0.25) is 4.79 Å². The number of benzene rings is 1. The molecule has 0 radical (unpaired) electrons. The Labute approximate surface area is 127 Å². The average Bonchev–Trinajstić information content (AvgIpc) is 2.39. The summed E-state index contributed by atoms with van der Waals surface area (Å²) >= 11 is 5.07. The van der Waals surface area contributed by atoms with Crippen LogP contribution in [0.3, 0.4) is 0 Å². The maximum Gasteiger partial charge on any atom is 0.220 e. The Hall–Kier alpha value is -0.520. The zero-order valence-corrected chi connectivity index (χ0v) is 13.5. The second-order valence-corrected chi connectivity index (χ2v) is 6.56.